The molecule has 0 rings (SSSR count). The monoisotopic (exact) mass is 584 g/mol. The normalized spacial score (nSPS) is 12.7. The molecule has 0 aromatic heterocycles. The average molecular weight is 584 g/mol. The van der Waals surface area contributed by atoms with Crippen molar-refractivity contribution in [3.63, 3.8) is 0 Å². The fourth-order valence-corrected chi connectivity index (χ4v) is 5.69. The van der Waals surface area contributed by atoms with Crippen LogP contribution in [0.4, 0.5) is 0 Å². The van der Waals surface area contributed by atoms with E-state index in [1.165, 1.54) is 167 Å². The number of ether oxygens (including phenoxy) is 2. The minimum absolute atomic E-state index is 0.364. The van der Waals surface area contributed by atoms with E-state index in [0.29, 0.717) is 25.4 Å². The van der Waals surface area contributed by atoms with Gasteiger partial charge in [0.15, 0.2) is 0 Å². The Morgan fingerprint density at radius 1 is 0.463 bits per heavy atom. The fraction of sp³-hybridized carbons (Fsp3) is 1.00. The van der Waals surface area contributed by atoms with E-state index in [-0.39, 0.29) is 0 Å². The molecule has 0 saturated heterocycles. The first kappa shape index (κ1) is 40.8. The van der Waals surface area contributed by atoms with Crippen LogP contribution in [0.3, 0.4) is 0 Å². The van der Waals surface area contributed by atoms with Crippen molar-refractivity contribution in [3.8, 4) is 0 Å². The van der Waals surface area contributed by atoms with Gasteiger partial charge < -0.3 is 9.47 Å². The standard InChI is InChI=1S/C37H77NO3/c1-6-8-10-12-14-16-18-20-22-24-26-28-30-37(41-38(4)36(3)32-33-40-35-34-39-5)31-29-27-25-23-21-19-17-15-13-11-9-7-2/h36-37H,6-35H2,1-5H3. The van der Waals surface area contributed by atoms with E-state index in [4.69, 9.17) is 14.3 Å². The summed E-state index contributed by atoms with van der Waals surface area (Å²) in [5.74, 6) is 0. The van der Waals surface area contributed by atoms with Gasteiger partial charge in [-0.3, -0.25) is 4.84 Å². The van der Waals surface area contributed by atoms with Gasteiger partial charge in [-0.15, -0.1) is 0 Å². The molecular formula is C37H77NO3. The lowest BCUT2D eigenvalue weighted by Gasteiger charge is -2.29. The topological polar surface area (TPSA) is 30.9 Å². The van der Waals surface area contributed by atoms with Gasteiger partial charge in [-0.25, -0.2) is 0 Å². The van der Waals surface area contributed by atoms with Crippen LogP contribution in [0.1, 0.15) is 194 Å². The molecule has 0 amide bonds. The molecule has 1 atom stereocenters. The van der Waals surface area contributed by atoms with Crippen LogP contribution in [0.15, 0.2) is 0 Å². The van der Waals surface area contributed by atoms with Crippen molar-refractivity contribution in [2.24, 2.45) is 0 Å². The zero-order valence-electron chi connectivity index (χ0n) is 29.0. The number of methoxy groups -OCH3 is 1. The Morgan fingerprint density at radius 3 is 1.20 bits per heavy atom. The highest BCUT2D eigenvalue weighted by molar-refractivity contribution is 4.63. The first-order valence-corrected chi connectivity index (χ1v) is 18.6. The molecule has 0 aromatic rings. The summed E-state index contributed by atoms with van der Waals surface area (Å²) < 4.78 is 10.8. The Morgan fingerprint density at radius 2 is 0.829 bits per heavy atom. The van der Waals surface area contributed by atoms with E-state index in [9.17, 15) is 0 Å². The van der Waals surface area contributed by atoms with Crippen molar-refractivity contribution in [3.05, 3.63) is 0 Å². The average Bonchev–Trinajstić information content (AvgIpc) is 2.97. The third-order valence-electron chi connectivity index (χ3n) is 8.81. The molecule has 248 valence electrons. The van der Waals surface area contributed by atoms with Crippen molar-refractivity contribution >= 4 is 0 Å². The lowest BCUT2D eigenvalue weighted by molar-refractivity contribution is -0.208. The molecule has 0 bridgehead atoms. The summed E-state index contributed by atoms with van der Waals surface area (Å²) in [6.07, 6.45) is 37.6. The maximum absolute atomic E-state index is 6.54. The molecule has 4 nitrogen and oxygen atoms in total. The van der Waals surface area contributed by atoms with Crippen molar-refractivity contribution in [2.75, 3.05) is 34.0 Å². The third kappa shape index (κ3) is 31.1. The minimum atomic E-state index is 0.364. The van der Waals surface area contributed by atoms with Crippen molar-refractivity contribution < 1.29 is 14.3 Å². The highest BCUT2D eigenvalue weighted by Crippen LogP contribution is 2.20. The summed E-state index contributed by atoms with van der Waals surface area (Å²) in [5.41, 5.74) is 0. The zero-order valence-corrected chi connectivity index (χ0v) is 29.0. The van der Waals surface area contributed by atoms with Crippen LogP contribution in [0, 0.1) is 0 Å². The zero-order chi connectivity index (χ0) is 30.1. The lowest BCUT2D eigenvalue weighted by atomic mass is 10.0. The first-order chi connectivity index (χ1) is 20.2. The molecule has 0 spiro atoms. The predicted molar refractivity (Wildman–Crippen MR) is 181 cm³/mol. The molecule has 0 aliphatic carbocycles. The van der Waals surface area contributed by atoms with Gasteiger partial charge in [-0.1, -0.05) is 168 Å². The van der Waals surface area contributed by atoms with E-state index in [1.54, 1.807) is 7.11 Å². The van der Waals surface area contributed by atoms with Crippen molar-refractivity contribution in [2.45, 2.75) is 206 Å². The van der Waals surface area contributed by atoms with E-state index < -0.39 is 0 Å². The maximum Gasteiger partial charge on any atom is 0.0793 e. The molecule has 0 aliphatic heterocycles. The molecule has 41 heavy (non-hydrogen) atoms. The highest BCUT2D eigenvalue weighted by atomic mass is 16.7. The summed E-state index contributed by atoms with van der Waals surface area (Å²) in [5, 5.41) is 2.12. The summed E-state index contributed by atoms with van der Waals surface area (Å²) in [6.45, 7) is 8.96. The second-order valence-electron chi connectivity index (χ2n) is 12.9. The third-order valence-corrected chi connectivity index (χ3v) is 8.81. The molecule has 0 fully saturated rings. The summed E-state index contributed by atoms with van der Waals surface area (Å²) in [4.78, 5) is 6.54. The van der Waals surface area contributed by atoms with Gasteiger partial charge in [0, 0.05) is 26.8 Å². The van der Waals surface area contributed by atoms with Gasteiger partial charge in [0.2, 0.25) is 0 Å². The van der Waals surface area contributed by atoms with Crippen LogP contribution in [0.5, 0.6) is 0 Å². The SMILES string of the molecule is CCCCCCCCCCCCCCC(CCCCCCCCCCCCCC)ON(C)C(C)CCOCCOC. The Bertz CT molecular complexity index is 447. The minimum Gasteiger partial charge on any atom is -0.382 e. The Labute approximate surface area is 259 Å². The molecule has 0 N–H and O–H groups in total. The fourth-order valence-electron chi connectivity index (χ4n) is 5.69. The molecule has 0 aromatic carbocycles. The molecule has 0 radical (unpaired) electrons. The van der Waals surface area contributed by atoms with E-state index in [1.807, 2.05) is 0 Å². The van der Waals surface area contributed by atoms with E-state index in [0.717, 1.165) is 13.0 Å². The van der Waals surface area contributed by atoms with Gasteiger partial charge in [-0.05, 0) is 26.2 Å². The van der Waals surface area contributed by atoms with Gasteiger partial charge in [0.25, 0.3) is 0 Å². The number of unbranched alkanes of at least 4 members (excludes halogenated alkanes) is 22. The van der Waals surface area contributed by atoms with Crippen LogP contribution in [-0.2, 0) is 14.3 Å². The number of hydrogen-bond acceptors (Lipinski definition) is 4. The lowest BCUT2D eigenvalue weighted by Crippen LogP contribution is -2.34. The Kier molecular flexibility index (Phi) is 34.2. The van der Waals surface area contributed by atoms with Crippen LogP contribution in [-0.4, -0.2) is 51.2 Å². The van der Waals surface area contributed by atoms with Crippen LogP contribution < -0.4 is 0 Å². The predicted octanol–water partition coefficient (Wildman–Crippen LogP) is 11.8. The first-order valence-electron chi connectivity index (χ1n) is 18.6. The van der Waals surface area contributed by atoms with Gasteiger partial charge in [0.1, 0.15) is 0 Å². The van der Waals surface area contributed by atoms with Crippen LogP contribution in [0.25, 0.3) is 0 Å². The van der Waals surface area contributed by atoms with Gasteiger partial charge >= 0.3 is 0 Å². The van der Waals surface area contributed by atoms with E-state index in [2.05, 4.69) is 32.9 Å². The van der Waals surface area contributed by atoms with Crippen LogP contribution >= 0.6 is 0 Å². The summed E-state index contributed by atoms with van der Waals surface area (Å²) >= 11 is 0. The van der Waals surface area contributed by atoms with Gasteiger partial charge in [0.05, 0.1) is 19.3 Å². The largest absolute Gasteiger partial charge is 0.382 e. The number of rotatable bonds is 35. The number of hydroxylamine groups is 2. The number of hydrogen-bond donors (Lipinski definition) is 0. The molecule has 0 heterocycles. The van der Waals surface area contributed by atoms with Crippen LogP contribution in [0.2, 0.25) is 0 Å². The van der Waals surface area contributed by atoms with E-state index >= 15 is 0 Å². The second kappa shape index (κ2) is 34.3. The molecule has 4 heteroatoms. The molecule has 0 aliphatic rings. The Balaban J connectivity index is 4.12. The summed E-state index contributed by atoms with van der Waals surface area (Å²) in [7, 11) is 3.85. The Hall–Kier alpha value is -0.160. The molecule has 1 unspecified atom stereocenters. The van der Waals surface area contributed by atoms with Gasteiger partial charge in [-0.2, -0.15) is 5.06 Å². The smallest absolute Gasteiger partial charge is 0.0793 e. The second-order valence-corrected chi connectivity index (χ2v) is 12.9. The number of nitrogens with zero attached hydrogens (tertiary/aromatic N) is 1. The summed E-state index contributed by atoms with van der Waals surface area (Å²) in [6, 6.07) is 0.365. The molecular weight excluding hydrogens is 506 g/mol. The van der Waals surface area contributed by atoms with Crippen molar-refractivity contribution in [1.29, 1.82) is 0 Å². The molecule has 0 saturated carbocycles. The van der Waals surface area contributed by atoms with Crippen molar-refractivity contribution in [1.82, 2.24) is 5.06 Å². The highest BCUT2D eigenvalue weighted by Gasteiger charge is 2.16. The quantitative estimate of drug-likeness (QED) is 0.0548. The maximum atomic E-state index is 6.54.